The monoisotopic (exact) mass is 384 g/mol. The number of likely N-dealkylation sites (tertiary alicyclic amines) is 1. The van der Waals surface area contributed by atoms with Crippen molar-refractivity contribution >= 4 is 22.0 Å². The first-order valence-electron chi connectivity index (χ1n) is 8.10. The number of carbonyl (C=O) groups excluding carboxylic acids is 1. The van der Waals surface area contributed by atoms with Crippen LogP contribution in [0.5, 0.6) is 5.88 Å². The summed E-state index contributed by atoms with van der Waals surface area (Å²) in [6.07, 6.45) is 3.73. The predicted octanol–water partition coefficient (Wildman–Crippen LogP) is 4.40. The van der Waals surface area contributed by atoms with E-state index < -0.39 is 5.60 Å². The Hall–Kier alpha value is -1.30. The van der Waals surface area contributed by atoms with Crippen LogP contribution in [0.25, 0.3) is 0 Å². The first kappa shape index (κ1) is 18.0. The van der Waals surface area contributed by atoms with E-state index in [0.717, 1.165) is 36.8 Å². The second-order valence-electron chi connectivity index (χ2n) is 6.76. The molecule has 23 heavy (non-hydrogen) atoms. The third-order valence-corrected chi connectivity index (χ3v) is 4.09. The van der Waals surface area contributed by atoms with Gasteiger partial charge >= 0.3 is 6.09 Å². The van der Waals surface area contributed by atoms with Gasteiger partial charge in [0.2, 0.25) is 5.88 Å². The Morgan fingerprint density at radius 1 is 1.39 bits per heavy atom. The average molecular weight is 385 g/mol. The maximum atomic E-state index is 12.3. The van der Waals surface area contributed by atoms with Gasteiger partial charge < -0.3 is 14.4 Å². The van der Waals surface area contributed by atoms with Gasteiger partial charge in [-0.2, -0.15) is 0 Å². The zero-order valence-electron chi connectivity index (χ0n) is 14.0. The lowest BCUT2D eigenvalue weighted by Gasteiger charge is -2.36. The second-order valence-corrected chi connectivity index (χ2v) is 7.57. The minimum atomic E-state index is -0.462. The van der Waals surface area contributed by atoms with Crippen molar-refractivity contribution in [2.45, 2.75) is 58.1 Å². The van der Waals surface area contributed by atoms with Crippen LogP contribution in [0, 0.1) is 0 Å². The van der Waals surface area contributed by atoms with E-state index in [0.29, 0.717) is 12.5 Å². The predicted molar refractivity (Wildman–Crippen MR) is 92.6 cm³/mol. The average Bonchev–Trinajstić information content (AvgIpc) is 2.46. The smallest absolute Gasteiger partial charge is 0.410 e. The molecule has 0 unspecified atom stereocenters. The molecule has 128 valence electrons. The minimum absolute atomic E-state index is 0.172. The van der Waals surface area contributed by atoms with Gasteiger partial charge in [-0.3, -0.25) is 0 Å². The molecular formula is C17H25BrN2O3. The molecule has 0 bridgehead atoms. The maximum Gasteiger partial charge on any atom is 0.410 e. The first-order chi connectivity index (χ1) is 10.8. The minimum Gasteiger partial charge on any atom is -0.478 e. The second kappa shape index (κ2) is 7.99. The van der Waals surface area contributed by atoms with E-state index in [1.807, 2.05) is 43.9 Å². The highest BCUT2D eigenvalue weighted by molar-refractivity contribution is 9.10. The summed E-state index contributed by atoms with van der Waals surface area (Å²) in [5.74, 6) is 0.596. The van der Waals surface area contributed by atoms with Crippen LogP contribution < -0.4 is 4.74 Å². The Balaban J connectivity index is 1.87. The van der Waals surface area contributed by atoms with Crippen molar-refractivity contribution in [3.8, 4) is 5.88 Å². The highest BCUT2D eigenvalue weighted by Crippen LogP contribution is 2.23. The Bertz CT molecular complexity index is 531. The first-order valence-corrected chi connectivity index (χ1v) is 8.89. The third kappa shape index (κ3) is 6.01. The number of halogens is 1. The molecule has 0 aliphatic carbocycles. The van der Waals surface area contributed by atoms with E-state index in [-0.39, 0.29) is 12.1 Å². The molecule has 2 rings (SSSR count). The normalized spacial score (nSPS) is 18.6. The highest BCUT2D eigenvalue weighted by atomic mass is 79.9. The van der Waals surface area contributed by atoms with Crippen molar-refractivity contribution in [1.29, 1.82) is 0 Å². The van der Waals surface area contributed by atoms with Crippen molar-refractivity contribution in [2.75, 3.05) is 13.2 Å². The number of nitrogens with zero attached hydrogens (tertiary/aromatic N) is 2. The van der Waals surface area contributed by atoms with Crippen LogP contribution >= 0.6 is 15.9 Å². The Morgan fingerprint density at radius 3 is 2.87 bits per heavy atom. The van der Waals surface area contributed by atoms with Gasteiger partial charge in [0.25, 0.3) is 0 Å². The number of piperidine rings is 1. The summed E-state index contributed by atoms with van der Waals surface area (Å²) in [5, 5.41) is 0. The molecule has 0 saturated carbocycles. The molecule has 2 heterocycles. The lowest BCUT2D eigenvalue weighted by molar-refractivity contribution is 0.00738. The van der Waals surface area contributed by atoms with Gasteiger partial charge in [-0.15, -0.1) is 0 Å². The fraction of sp³-hybridized carbons (Fsp3) is 0.647. The summed E-state index contributed by atoms with van der Waals surface area (Å²) >= 11 is 3.33. The molecule has 1 aromatic rings. The summed E-state index contributed by atoms with van der Waals surface area (Å²) in [4.78, 5) is 18.4. The van der Waals surface area contributed by atoms with Gasteiger partial charge in [-0.25, -0.2) is 9.78 Å². The van der Waals surface area contributed by atoms with Crippen LogP contribution in [0.1, 0.15) is 46.5 Å². The van der Waals surface area contributed by atoms with Gasteiger partial charge in [0.15, 0.2) is 0 Å². The van der Waals surface area contributed by atoms with Gasteiger partial charge in [0, 0.05) is 25.1 Å². The quantitative estimate of drug-likeness (QED) is 0.721. The summed E-state index contributed by atoms with van der Waals surface area (Å²) in [6.45, 7) is 6.98. The molecule has 1 amide bonds. The van der Waals surface area contributed by atoms with Crippen molar-refractivity contribution < 1.29 is 14.3 Å². The number of hydrogen-bond donors (Lipinski definition) is 0. The molecule has 1 atom stereocenters. The van der Waals surface area contributed by atoms with Crippen LogP contribution in [0.15, 0.2) is 22.8 Å². The molecule has 1 aromatic heterocycles. The van der Waals surface area contributed by atoms with Gasteiger partial charge in [-0.1, -0.05) is 6.07 Å². The van der Waals surface area contributed by atoms with Crippen molar-refractivity contribution in [3.05, 3.63) is 22.8 Å². The standard InChI is InChI=1S/C17H25BrN2O3/c1-17(2,3)23-16(21)20-11-5-4-7-13(20)10-12-22-15-9-6-8-14(18)19-15/h6,8-9,13H,4-5,7,10-12H2,1-3H3/t13-/m0/s1. The Morgan fingerprint density at radius 2 is 2.17 bits per heavy atom. The fourth-order valence-corrected chi connectivity index (χ4v) is 2.96. The van der Waals surface area contributed by atoms with Crippen LogP contribution in [-0.4, -0.2) is 40.8 Å². The maximum absolute atomic E-state index is 12.3. The summed E-state index contributed by atoms with van der Waals surface area (Å²) in [6, 6.07) is 5.75. The summed E-state index contributed by atoms with van der Waals surface area (Å²) in [5.41, 5.74) is -0.462. The van der Waals surface area contributed by atoms with Crippen molar-refractivity contribution in [3.63, 3.8) is 0 Å². The lowest BCUT2D eigenvalue weighted by atomic mass is 10.0. The van der Waals surface area contributed by atoms with Crippen LogP contribution in [0.2, 0.25) is 0 Å². The van der Waals surface area contributed by atoms with Gasteiger partial charge in [-0.05, 0) is 62.0 Å². The Kier molecular flexibility index (Phi) is 6.27. The molecular weight excluding hydrogens is 360 g/mol. The zero-order chi connectivity index (χ0) is 16.9. The number of ether oxygens (including phenoxy) is 2. The molecule has 6 heteroatoms. The van der Waals surface area contributed by atoms with E-state index in [1.165, 1.54) is 0 Å². The number of pyridine rings is 1. The van der Waals surface area contributed by atoms with E-state index in [1.54, 1.807) is 0 Å². The molecule has 5 nitrogen and oxygen atoms in total. The van der Waals surface area contributed by atoms with E-state index in [4.69, 9.17) is 9.47 Å². The summed E-state index contributed by atoms with van der Waals surface area (Å²) < 4.78 is 12.0. The number of amides is 1. The molecule has 0 aromatic carbocycles. The molecule has 1 saturated heterocycles. The van der Waals surface area contributed by atoms with E-state index >= 15 is 0 Å². The third-order valence-electron chi connectivity index (χ3n) is 3.65. The molecule has 1 aliphatic heterocycles. The summed E-state index contributed by atoms with van der Waals surface area (Å²) in [7, 11) is 0. The van der Waals surface area contributed by atoms with E-state index in [9.17, 15) is 4.79 Å². The van der Waals surface area contributed by atoms with Crippen LogP contribution in [0.3, 0.4) is 0 Å². The molecule has 1 aliphatic rings. The largest absolute Gasteiger partial charge is 0.478 e. The SMILES string of the molecule is CC(C)(C)OC(=O)N1CCCC[C@H]1CCOc1cccc(Br)n1. The van der Waals surface area contributed by atoms with Crippen molar-refractivity contribution in [1.82, 2.24) is 9.88 Å². The molecule has 0 radical (unpaired) electrons. The van der Waals surface area contributed by atoms with Gasteiger partial charge in [0.1, 0.15) is 10.2 Å². The van der Waals surface area contributed by atoms with Crippen LogP contribution in [0.4, 0.5) is 4.79 Å². The number of rotatable bonds is 4. The lowest BCUT2D eigenvalue weighted by Crippen LogP contribution is -2.46. The van der Waals surface area contributed by atoms with Crippen LogP contribution in [-0.2, 0) is 4.74 Å². The van der Waals surface area contributed by atoms with Gasteiger partial charge in [0.05, 0.1) is 6.61 Å². The molecule has 0 N–H and O–H groups in total. The molecule has 0 spiro atoms. The Labute approximate surface area is 146 Å². The molecule has 1 fully saturated rings. The highest BCUT2D eigenvalue weighted by Gasteiger charge is 2.30. The number of hydrogen-bond acceptors (Lipinski definition) is 4. The zero-order valence-corrected chi connectivity index (χ0v) is 15.6. The van der Waals surface area contributed by atoms with E-state index in [2.05, 4.69) is 20.9 Å². The number of aromatic nitrogens is 1. The number of carbonyl (C=O) groups is 1. The van der Waals surface area contributed by atoms with Crippen molar-refractivity contribution in [2.24, 2.45) is 0 Å². The fourth-order valence-electron chi connectivity index (χ4n) is 2.63. The topological polar surface area (TPSA) is 51.7 Å².